The maximum atomic E-state index is 13.0. The van der Waals surface area contributed by atoms with E-state index in [0.29, 0.717) is 35.1 Å². The van der Waals surface area contributed by atoms with E-state index in [0.717, 1.165) is 23.9 Å². The van der Waals surface area contributed by atoms with Crippen LogP contribution in [-0.4, -0.2) is 38.8 Å². The van der Waals surface area contributed by atoms with Crippen molar-refractivity contribution in [3.05, 3.63) is 65.3 Å². The summed E-state index contributed by atoms with van der Waals surface area (Å²) in [5.41, 5.74) is 2.28. The Morgan fingerprint density at radius 2 is 1.96 bits per heavy atom. The second kappa shape index (κ2) is 6.76. The molecule has 1 aliphatic rings. The Morgan fingerprint density at radius 3 is 2.72 bits per heavy atom. The summed E-state index contributed by atoms with van der Waals surface area (Å²) in [5, 5.41) is 1.44. The van der Waals surface area contributed by atoms with Crippen LogP contribution in [0.5, 0.6) is 0 Å². The van der Waals surface area contributed by atoms with Crippen LogP contribution in [-0.2, 0) is 0 Å². The van der Waals surface area contributed by atoms with Crippen LogP contribution >= 0.6 is 11.6 Å². The molecule has 25 heavy (non-hydrogen) atoms. The van der Waals surface area contributed by atoms with Gasteiger partial charge in [0.1, 0.15) is 0 Å². The molecule has 1 fully saturated rings. The molecule has 0 atom stereocenters. The highest BCUT2D eigenvalue weighted by atomic mass is 35.5. The molecule has 5 nitrogen and oxygen atoms in total. The van der Waals surface area contributed by atoms with E-state index in [1.807, 2.05) is 29.3 Å². The fourth-order valence-electron chi connectivity index (χ4n) is 3.39. The Bertz CT molecular complexity index is 908. The average Bonchev–Trinajstić information content (AvgIpc) is 2.67. The molecule has 1 saturated heterocycles. The summed E-state index contributed by atoms with van der Waals surface area (Å²) in [7, 11) is 0. The minimum Gasteiger partial charge on any atom is -0.339 e. The van der Waals surface area contributed by atoms with Gasteiger partial charge in [0.15, 0.2) is 0 Å². The third kappa shape index (κ3) is 3.20. The molecule has 126 valence electrons. The Balaban J connectivity index is 1.55. The van der Waals surface area contributed by atoms with Crippen LogP contribution in [0.25, 0.3) is 10.9 Å². The molecule has 0 bridgehead atoms. The summed E-state index contributed by atoms with van der Waals surface area (Å²) in [5.74, 6) is 0.343. The highest BCUT2D eigenvalue weighted by Crippen LogP contribution is 2.29. The highest BCUT2D eigenvalue weighted by Gasteiger charge is 2.26. The van der Waals surface area contributed by atoms with Crippen molar-refractivity contribution < 1.29 is 4.79 Å². The predicted octanol–water partition coefficient (Wildman–Crippen LogP) is 3.70. The van der Waals surface area contributed by atoms with Gasteiger partial charge in [-0.2, -0.15) is 0 Å². The van der Waals surface area contributed by atoms with Gasteiger partial charge in [0.25, 0.3) is 5.91 Å². The van der Waals surface area contributed by atoms with Crippen LogP contribution in [0.15, 0.2) is 49.1 Å². The van der Waals surface area contributed by atoms with Crippen molar-refractivity contribution in [2.45, 2.75) is 18.8 Å². The molecule has 0 saturated carbocycles. The summed E-state index contributed by atoms with van der Waals surface area (Å²) < 4.78 is 0. The SMILES string of the molecule is O=C(c1cc(Cl)cc2cccnc12)N1CCC(c2cnccn2)CC1. The average molecular weight is 353 g/mol. The van der Waals surface area contributed by atoms with Gasteiger partial charge in [-0.05, 0) is 31.0 Å². The van der Waals surface area contributed by atoms with Crippen molar-refractivity contribution >= 4 is 28.4 Å². The normalized spacial score (nSPS) is 15.5. The van der Waals surface area contributed by atoms with Gasteiger partial charge in [-0.25, -0.2) is 0 Å². The second-order valence-corrected chi connectivity index (χ2v) is 6.66. The smallest absolute Gasteiger partial charge is 0.256 e. The molecule has 6 heteroatoms. The minimum atomic E-state index is -0.0104. The fourth-order valence-corrected chi connectivity index (χ4v) is 3.62. The molecule has 4 rings (SSSR count). The van der Waals surface area contributed by atoms with E-state index in [2.05, 4.69) is 15.0 Å². The number of benzene rings is 1. The van der Waals surface area contributed by atoms with Gasteiger partial charge >= 0.3 is 0 Å². The third-order valence-electron chi connectivity index (χ3n) is 4.68. The molecule has 1 aromatic carbocycles. The van der Waals surface area contributed by atoms with Gasteiger partial charge < -0.3 is 4.90 Å². The van der Waals surface area contributed by atoms with Crippen molar-refractivity contribution in [2.75, 3.05) is 13.1 Å². The second-order valence-electron chi connectivity index (χ2n) is 6.23. The van der Waals surface area contributed by atoms with Crippen LogP contribution in [0.3, 0.4) is 0 Å². The van der Waals surface area contributed by atoms with Crippen molar-refractivity contribution in [3.63, 3.8) is 0 Å². The lowest BCUT2D eigenvalue weighted by atomic mass is 9.93. The largest absolute Gasteiger partial charge is 0.339 e. The first-order chi connectivity index (χ1) is 12.2. The zero-order valence-electron chi connectivity index (χ0n) is 13.6. The van der Waals surface area contributed by atoms with E-state index in [1.165, 1.54) is 0 Å². The zero-order chi connectivity index (χ0) is 17.2. The number of halogens is 1. The van der Waals surface area contributed by atoms with Gasteiger partial charge in [0, 0.05) is 54.2 Å². The summed E-state index contributed by atoms with van der Waals surface area (Å²) in [6.07, 6.45) is 8.69. The van der Waals surface area contributed by atoms with Crippen LogP contribution in [0, 0.1) is 0 Å². The van der Waals surface area contributed by atoms with Gasteiger partial charge in [0.05, 0.1) is 16.8 Å². The zero-order valence-corrected chi connectivity index (χ0v) is 14.4. The van der Waals surface area contributed by atoms with Crippen LogP contribution in [0.1, 0.15) is 34.8 Å². The molecule has 1 aliphatic heterocycles. The molecule has 0 unspecified atom stereocenters. The Morgan fingerprint density at radius 1 is 1.12 bits per heavy atom. The standard InChI is InChI=1S/C19H17ClN4O/c20-15-10-14-2-1-5-23-18(14)16(11-15)19(25)24-8-3-13(4-9-24)17-12-21-6-7-22-17/h1-2,5-7,10-13H,3-4,8-9H2. The minimum absolute atomic E-state index is 0.0104. The Kier molecular flexibility index (Phi) is 4.32. The lowest BCUT2D eigenvalue weighted by Gasteiger charge is -2.31. The number of likely N-dealkylation sites (tertiary alicyclic amines) is 1. The van der Waals surface area contributed by atoms with Crippen molar-refractivity contribution in [1.82, 2.24) is 19.9 Å². The molecule has 1 amide bonds. The molecule has 2 aromatic heterocycles. The van der Waals surface area contributed by atoms with Crippen LogP contribution in [0.4, 0.5) is 0 Å². The van der Waals surface area contributed by atoms with Crippen LogP contribution in [0.2, 0.25) is 5.02 Å². The summed E-state index contributed by atoms with van der Waals surface area (Å²) in [6.45, 7) is 1.39. The monoisotopic (exact) mass is 352 g/mol. The highest BCUT2D eigenvalue weighted by molar-refractivity contribution is 6.32. The molecule has 0 N–H and O–H groups in total. The van der Waals surface area contributed by atoms with E-state index in [9.17, 15) is 4.79 Å². The number of amides is 1. The first kappa shape index (κ1) is 16.0. The Hall–Kier alpha value is -2.53. The van der Waals surface area contributed by atoms with Gasteiger partial charge in [-0.15, -0.1) is 0 Å². The van der Waals surface area contributed by atoms with Crippen LogP contribution < -0.4 is 0 Å². The number of carbonyl (C=O) groups is 1. The number of hydrogen-bond acceptors (Lipinski definition) is 4. The first-order valence-corrected chi connectivity index (χ1v) is 8.69. The van der Waals surface area contributed by atoms with E-state index in [1.54, 1.807) is 24.7 Å². The number of nitrogens with zero attached hydrogens (tertiary/aromatic N) is 4. The molecule has 0 radical (unpaired) electrons. The summed E-state index contributed by atoms with van der Waals surface area (Å²) >= 11 is 6.20. The lowest BCUT2D eigenvalue weighted by Crippen LogP contribution is -2.38. The Labute approximate surface area is 150 Å². The quantitative estimate of drug-likeness (QED) is 0.705. The van der Waals surface area contributed by atoms with Gasteiger partial charge in [0.2, 0.25) is 0 Å². The van der Waals surface area contributed by atoms with E-state index >= 15 is 0 Å². The van der Waals surface area contributed by atoms with Gasteiger partial charge in [-0.1, -0.05) is 17.7 Å². The van der Waals surface area contributed by atoms with Gasteiger partial charge in [-0.3, -0.25) is 19.7 Å². The van der Waals surface area contributed by atoms with E-state index in [-0.39, 0.29) is 5.91 Å². The molecular formula is C19H17ClN4O. The third-order valence-corrected chi connectivity index (χ3v) is 4.90. The van der Waals surface area contributed by atoms with E-state index in [4.69, 9.17) is 11.6 Å². The first-order valence-electron chi connectivity index (χ1n) is 8.32. The number of pyridine rings is 1. The molecule has 3 heterocycles. The molecule has 3 aromatic rings. The maximum absolute atomic E-state index is 13.0. The summed E-state index contributed by atoms with van der Waals surface area (Å²) in [4.78, 5) is 27.8. The number of hydrogen-bond donors (Lipinski definition) is 0. The number of piperidine rings is 1. The fraction of sp³-hybridized carbons (Fsp3) is 0.263. The molecular weight excluding hydrogens is 336 g/mol. The topological polar surface area (TPSA) is 59.0 Å². The lowest BCUT2D eigenvalue weighted by molar-refractivity contribution is 0.0714. The number of aromatic nitrogens is 3. The number of rotatable bonds is 2. The summed E-state index contributed by atoms with van der Waals surface area (Å²) in [6, 6.07) is 7.32. The molecule has 0 aliphatic carbocycles. The molecule has 0 spiro atoms. The maximum Gasteiger partial charge on any atom is 0.256 e. The van der Waals surface area contributed by atoms with Crippen molar-refractivity contribution in [1.29, 1.82) is 0 Å². The number of fused-ring (bicyclic) bond motifs is 1. The van der Waals surface area contributed by atoms with E-state index < -0.39 is 0 Å². The van der Waals surface area contributed by atoms with Crippen molar-refractivity contribution in [2.24, 2.45) is 0 Å². The number of carbonyl (C=O) groups excluding carboxylic acids is 1. The predicted molar refractivity (Wildman–Crippen MR) is 96.7 cm³/mol. The van der Waals surface area contributed by atoms with Crippen molar-refractivity contribution in [3.8, 4) is 0 Å².